The third kappa shape index (κ3) is 3.79. The Morgan fingerprint density at radius 3 is 2.42 bits per heavy atom. The molecule has 0 unspecified atom stereocenters. The lowest BCUT2D eigenvalue weighted by atomic mass is 10.0. The largest absolute Gasteiger partial charge is 0.495 e. The number of aromatic nitrogens is 3. The van der Waals surface area contributed by atoms with E-state index in [4.69, 9.17) is 38.4 Å². The van der Waals surface area contributed by atoms with E-state index in [0.29, 0.717) is 39.6 Å². The third-order valence-electron chi connectivity index (χ3n) is 5.68. The van der Waals surface area contributed by atoms with E-state index in [-0.39, 0.29) is 27.7 Å². The Morgan fingerprint density at radius 2 is 1.84 bits per heavy atom. The SMILES string of the molecule is COc1cc(OC)c(Cl)c(-c2cc3cnc(N[C@@H]4CCC[C@@H]4N)nc3n(C)c2=O)c1Cl. The third-order valence-corrected chi connectivity index (χ3v) is 6.43. The molecule has 2 aromatic heterocycles. The number of hydrogen-bond acceptors (Lipinski definition) is 7. The number of benzene rings is 1. The van der Waals surface area contributed by atoms with E-state index in [1.165, 1.54) is 18.8 Å². The van der Waals surface area contributed by atoms with Gasteiger partial charge in [0.15, 0.2) is 0 Å². The van der Waals surface area contributed by atoms with Crippen LogP contribution in [-0.4, -0.2) is 40.8 Å². The molecular formula is C21H23Cl2N5O3. The Labute approximate surface area is 189 Å². The van der Waals surface area contributed by atoms with Gasteiger partial charge in [0.05, 0.1) is 29.8 Å². The van der Waals surface area contributed by atoms with Crippen molar-refractivity contribution < 1.29 is 9.47 Å². The van der Waals surface area contributed by atoms with Gasteiger partial charge in [-0.3, -0.25) is 9.36 Å². The van der Waals surface area contributed by atoms with Crippen molar-refractivity contribution in [2.75, 3.05) is 19.5 Å². The molecule has 0 amide bonds. The van der Waals surface area contributed by atoms with Crippen LogP contribution in [0, 0.1) is 0 Å². The number of pyridine rings is 1. The van der Waals surface area contributed by atoms with E-state index in [0.717, 1.165) is 19.3 Å². The highest BCUT2D eigenvalue weighted by atomic mass is 35.5. The molecule has 0 radical (unpaired) electrons. The number of nitrogens with two attached hydrogens (primary N) is 1. The van der Waals surface area contributed by atoms with Gasteiger partial charge in [-0.15, -0.1) is 0 Å². The maximum absolute atomic E-state index is 13.3. The second-order valence-corrected chi connectivity index (χ2v) is 8.28. The zero-order chi connectivity index (χ0) is 22.3. The lowest BCUT2D eigenvalue weighted by Gasteiger charge is -2.18. The van der Waals surface area contributed by atoms with Crippen LogP contribution in [0.25, 0.3) is 22.2 Å². The fourth-order valence-electron chi connectivity index (χ4n) is 3.95. The van der Waals surface area contributed by atoms with E-state index in [2.05, 4.69) is 15.3 Å². The van der Waals surface area contributed by atoms with Gasteiger partial charge in [-0.05, 0) is 25.3 Å². The van der Waals surface area contributed by atoms with Crippen molar-refractivity contribution in [1.82, 2.24) is 14.5 Å². The van der Waals surface area contributed by atoms with Gasteiger partial charge in [0.2, 0.25) is 5.95 Å². The predicted molar refractivity (Wildman–Crippen MR) is 123 cm³/mol. The smallest absolute Gasteiger partial charge is 0.259 e. The van der Waals surface area contributed by atoms with Crippen molar-refractivity contribution in [2.45, 2.75) is 31.3 Å². The number of methoxy groups -OCH3 is 2. The molecule has 3 aromatic rings. The average Bonchev–Trinajstić information content (AvgIpc) is 3.16. The molecule has 0 bridgehead atoms. The van der Waals surface area contributed by atoms with Crippen LogP contribution in [0.3, 0.4) is 0 Å². The van der Waals surface area contributed by atoms with Crippen LogP contribution in [0.4, 0.5) is 5.95 Å². The highest BCUT2D eigenvalue weighted by Crippen LogP contribution is 2.45. The molecule has 1 aromatic carbocycles. The van der Waals surface area contributed by atoms with Crippen LogP contribution in [-0.2, 0) is 7.05 Å². The minimum atomic E-state index is -0.311. The Kier molecular flexibility index (Phi) is 5.96. The first-order valence-electron chi connectivity index (χ1n) is 9.85. The quantitative estimate of drug-likeness (QED) is 0.595. The van der Waals surface area contributed by atoms with Crippen LogP contribution in [0.5, 0.6) is 11.5 Å². The Morgan fingerprint density at radius 1 is 1.16 bits per heavy atom. The number of fused-ring (bicyclic) bond motifs is 1. The fourth-order valence-corrected chi connectivity index (χ4v) is 4.66. The second-order valence-electron chi connectivity index (χ2n) is 7.52. The molecule has 1 saturated carbocycles. The normalized spacial score (nSPS) is 18.4. The number of nitrogens with one attached hydrogen (secondary N) is 1. The predicted octanol–water partition coefficient (Wildman–Crippen LogP) is 3.61. The molecule has 1 aliphatic carbocycles. The van der Waals surface area contributed by atoms with Crippen molar-refractivity contribution in [3.63, 3.8) is 0 Å². The van der Waals surface area contributed by atoms with Crippen molar-refractivity contribution in [1.29, 1.82) is 0 Å². The molecule has 4 rings (SSSR count). The average molecular weight is 464 g/mol. The lowest BCUT2D eigenvalue weighted by molar-refractivity contribution is 0.395. The van der Waals surface area contributed by atoms with Crippen LogP contribution in [0.2, 0.25) is 10.0 Å². The van der Waals surface area contributed by atoms with Crippen molar-refractivity contribution in [2.24, 2.45) is 12.8 Å². The maximum Gasteiger partial charge on any atom is 0.259 e. The Balaban J connectivity index is 1.85. The minimum absolute atomic E-state index is 0.0674. The standard InChI is InChI=1S/C21H23Cl2N5O3/c1-28-19-10(9-25-21(27-19)26-13-6-4-5-12(13)24)7-11(20(28)29)16-17(22)14(30-2)8-15(31-3)18(16)23/h7-9,12-13H,4-6,24H2,1-3H3,(H,25,26,27)/t12-,13+/m0/s1. The first kappa shape index (κ1) is 21.7. The molecule has 1 fully saturated rings. The molecule has 2 heterocycles. The summed E-state index contributed by atoms with van der Waals surface area (Å²) in [5.74, 6) is 1.14. The summed E-state index contributed by atoms with van der Waals surface area (Å²) in [4.78, 5) is 22.2. The first-order chi connectivity index (χ1) is 14.8. The number of aryl methyl sites for hydroxylation is 1. The monoisotopic (exact) mass is 463 g/mol. The van der Waals surface area contributed by atoms with Gasteiger partial charge < -0.3 is 20.5 Å². The van der Waals surface area contributed by atoms with Crippen LogP contribution < -0.4 is 26.1 Å². The highest BCUT2D eigenvalue weighted by Gasteiger charge is 2.25. The summed E-state index contributed by atoms with van der Waals surface area (Å²) in [6.07, 6.45) is 4.67. The second kappa shape index (κ2) is 8.53. The molecule has 8 nitrogen and oxygen atoms in total. The van der Waals surface area contributed by atoms with Crippen molar-refractivity contribution >= 4 is 40.2 Å². The molecule has 0 spiro atoms. The zero-order valence-electron chi connectivity index (χ0n) is 17.4. The number of anilines is 1. The summed E-state index contributed by atoms with van der Waals surface area (Å²) in [5.41, 5.74) is 6.94. The van der Waals surface area contributed by atoms with E-state index >= 15 is 0 Å². The zero-order valence-corrected chi connectivity index (χ0v) is 18.9. The van der Waals surface area contributed by atoms with E-state index in [9.17, 15) is 4.79 Å². The van der Waals surface area contributed by atoms with Gasteiger partial charge >= 0.3 is 0 Å². The van der Waals surface area contributed by atoms with Gasteiger partial charge in [-0.25, -0.2) is 4.98 Å². The fraction of sp³-hybridized carbons (Fsp3) is 0.381. The number of hydrogen-bond donors (Lipinski definition) is 2. The van der Waals surface area contributed by atoms with Crippen LogP contribution in [0.15, 0.2) is 23.1 Å². The molecule has 0 aliphatic heterocycles. The highest BCUT2D eigenvalue weighted by molar-refractivity contribution is 6.41. The number of nitrogens with zero attached hydrogens (tertiary/aromatic N) is 3. The summed E-state index contributed by atoms with van der Waals surface area (Å²) >= 11 is 13.0. The number of rotatable bonds is 5. The van der Waals surface area contributed by atoms with Gasteiger partial charge in [-0.1, -0.05) is 23.2 Å². The van der Waals surface area contributed by atoms with Crippen LogP contribution >= 0.6 is 23.2 Å². The van der Waals surface area contributed by atoms with E-state index < -0.39 is 0 Å². The molecule has 31 heavy (non-hydrogen) atoms. The maximum atomic E-state index is 13.3. The lowest BCUT2D eigenvalue weighted by Crippen LogP contribution is -2.35. The molecule has 3 N–H and O–H groups in total. The summed E-state index contributed by atoms with van der Waals surface area (Å²) in [6.45, 7) is 0. The molecule has 164 valence electrons. The summed E-state index contributed by atoms with van der Waals surface area (Å²) in [7, 11) is 4.61. The van der Waals surface area contributed by atoms with Gasteiger partial charge in [-0.2, -0.15) is 4.98 Å². The molecule has 1 aliphatic rings. The summed E-state index contributed by atoms with van der Waals surface area (Å²) < 4.78 is 12.1. The molecule has 10 heteroatoms. The van der Waals surface area contributed by atoms with Gasteiger partial charge in [0.1, 0.15) is 17.1 Å². The Bertz CT molecular complexity index is 1190. The summed E-state index contributed by atoms with van der Waals surface area (Å²) in [6, 6.07) is 3.44. The number of ether oxygens (including phenoxy) is 2. The first-order valence-corrected chi connectivity index (χ1v) is 10.6. The minimum Gasteiger partial charge on any atom is -0.495 e. The van der Waals surface area contributed by atoms with E-state index in [1.807, 2.05) is 0 Å². The number of halogens is 2. The van der Waals surface area contributed by atoms with Crippen LogP contribution in [0.1, 0.15) is 19.3 Å². The topological polar surface area (TPSA) is 104 Å². The van der Waals surface area contributed by atoms with E-state index in [1.54, 1.807) is 25.4 Å². The van der Waals surface area contributed by atoms with Crippen molar-refractivity contribution in [3.05, 3.63) is 38.7 Å². The van der Waals surface area contributed by atoms with Gasteiger partial charge in [0.25, 0.3) is 5.56 Å². The molecular weight excluding hydrogens is 441 g/mol. The Hall–Kier alpha value is -2.55. The van der Waals surface area contributed by atoms with Crippen molar-refractivity contribution in [3.8, 4) is 22.6 Å². The molecule has 0 saturated heterocycles. The summed E-state index contributed by atoms with van der Waals surface area (Å²) in [5, 5.41) is 4.39. The molecule has 2 atom stereocenters. The van der Waals surface area contributed by atoms with Gasteiger partial charge in [0, 0.05) is 42.3 Å².